The number of rotatable bonds is 6. The lowest BCUT2D eigenvalue weighted by molar-refractivity contribution is -0.112. The molecule has 0 unspecified atom stereocenters. The van der Waals surface area contributed by atoms with E-state index in [9.17, 15) is 4.79 Å². The van der Waals surface area contributed by atoms with Crippen LogP contribution in [0.1, 0.15) is 18.1 Å². The molecule has 0 aromatic heterocycles. The lowest BCUT2D eigenvalue weighted by atomic mass is 10.1. The predicted molar refractivity (Wildman–Crippen MR) is 107 cm³/mol. The summed E-state index contributed by atoms with van der Waals surface area (Å²) in [6, 6.07) is 13.0. The molecule has 1 amide bonds. The number of fused-ring (bicyclic) bond motifs is 1. The maximum absolute atomic E-state index is 12.7. The molecule has 0 saturated carbocycles. The van der Waals surface area contributed by atoms with Gasteiger partial charge in [-0.15, -0.1) is 11.7 Å². The summed E-state index contributed by atoms with van der Waals surface area (Å²) in [6.07, 6.45) is 1.69. The Bertz CT molecular complexity index is 947. The van der Waals surface area contributed by atoms with Crippen LogP contribution < -0.4 is 14.4 Å². The molecule has 0 N–H and O–H groups in total. The standard InChI is InChI=1S/C21H21N3O3/c1-5-12-24-17-9-7-6-8-16(17)20(21(24)25)23-22-14(2)15-10-11-18(26-3)19(13-15)27-4/h5-11,13H,1,12H2,2-4H3/b22-14-,23-20-. The zero-order valence-corrected chi connectivity index (χ0v) is 15.6. The quantitative estimate of drug-likeness (QED) is 0.449. The molecule has 3 rings (SSSR count). The van der Waals surface area contributed by atoms with Crippen LogP contribution >= 0.6 is 0 Å². The van der Waals surface area contributed by atoms with Gasteiger partial charge in [-0.2, -0.15) is 5.10 Å². The van der Waals surface area contributed by atoms with Gasteiger partial charge in [0.1, 0.15) is 0 Å². The molecule has 1 heterocycles. The van der Waals surface area contributed by atoms with E-state index < -0.39 is 0 Å². The molecule has 6 nitrogen and oxygen atoms in total. The largest absolute Gasteiger partial charge is 0.493 e. The summed E-state index contributed by atoms with van der Waals surface area (Å²) in [5.41, 5.74) is 3.41. The Labute approximate surface area is 158 Å². The first-order valence-electron chi connectivity index (χ1n) is 8.47. The molecular formula is C21H21N3O3. The van der Waals surface area contributed by atoms with Crippen LogP contribution in [0.15, 0.2) is 65.3 Å². The highest BCUT2D eigenvalue weighted by Crippen LogP contribution is 2.30. The maximum atomic E-state index is 12.7. The van der Waals surface area contributed by atoms with E-state index in [1.165, 1.54) is 0 Å². The van der Waals surface area contributed by atoms with E-state index in [0.29, 0.717) is 29.5 Å². The molecule has 2 aromatic rings. The lowest BCUT2D eigenvalue weighted by Crippen LogP contribution is -2.30. The van der Waals surface area contributed by atoms with Gasteiger partial charge in [-0.25, -0.2) is 0 Å². The van der Waals surface area contributed by atoms with Crippen molar-refractivity contribution >= 4 is 23.0 Å². The lowest BCUT2D eigenvalue weighted by Gasteiger charge is -2.13. The summed E-state index contributed by atoms with van der Waals surface area (Å²) < 4.78 is 10.6. The van der Waals surface area contributed by atoms with Crippen LogP contribution in [0.4, 0.5) is 5.69 Å². The van der Waals surface area contributed by atoms with Crippen LogP contribution in [0.2, 0.25) is 0 Å². The minimum absolute atomic E-state index is 0.181. The van der Waals surface area contributed by atoms with Crippen molar-refractivity contribution in [2.45, 2.75) is 6.92 Å². The molecule has 1 aliphatic rings. The molecule has 2 aromatic carbocycles. The molecule has 27 heavy (non-hydrogen) atoms. The van der Waals surface area contributed by atoms with Crippen molar-refractivity contribution < 1.29 is 14.3 Å². The highest BCUT2D eigenvalue weighted by atomic mass is 16.5. The Morgan fingerprint density at radius 1 is 1.15 bits per heavy atom. The Balaban J connectivity index is 1.97. The molecule has 0 atom stereocenters. The van der Waals surface area contributed by atoms with Gasteiger partial charge in [0, 0.05) is 17.7 Å². The fourth-order valence-electron chi connectivity index (χ4n) is 2.91. The number of anilines is 1. The third kappa shape index (κ3) is 3.46. The molecule has 6 heteroatoms. The average Bonchev–Trinajstić information content (AvgIpc) is 2.97. The van der Waals surface area contributed by atoms with E-state index in [1.54, 1.807) is 25.2 Å². The molecule has 138 valence electrons. The van der Waals surface area contributed by atoms with Crippen LogP contribution in [0.25, 0.3) is 0 Å². The first-order chi connectivity index (χ1) is 13.1. The van der Waals surface area contributed by atoms with Crippen LogP contribution in [-0.2, 0) is 4.79 Å². The van der Waals surface area contributed by atoms with E-state index >= 15 is 0 Å². The van der Waals surface area contributed by atoms with Crippen molar-refractivity contribution in [1.82, 2.24) is 0 Å². The van der Waals surface area contributed by atoms with Crippen molar-refractivity contribution in [3.05, 3.63) is 66.2 Å². The van der Waals surface area contributed by atoms with Gasteiger partial charge < -0.3 is 14.4 Å². The Morgan fingerprint density at radius 2 is 1.89 bits per heavy atom. The number of nitrogens with zero attached hydrogens (tertiary/aromatic N) is 3. The topological polar surface area (TPSA) is 63.5 Å². The summed E-state index contributed by atoms with van der Waals surface area (Å²) in [5.74, 6) is 1.07. The van der Waals surface area contributed by atoms with E-state index in [0.717, 1.165) is 16.8 Å². The van der Waals surface area contributed by atoms with Crippen molar-refractivity contribution in [3.8, 4) is 11.5 Å². The zero-order valence-electron chi connectivity index (χ0n) is 15.6. The second-order valence-electron chi connectivity index (χ2n) is 5.93. The Hall–Kier alpha value is -3.41. The molecule has 0 saturated heterocycles. The number of hydrogen-bond acceptors (Lipinski definition) is 5. The smallest absolute Gasteiger partial charge is 0.279 e. The molecule has 0 aliphatic carbocycles. The van der Waals surface area contributed by atoms with Crippen LogP contribution in [0, 0.1) is 0 Å². The van der Waals surface area contributed by atoms with Gasteiger partial charge in [-0.05, 0) is 31.2 Å². The summed E-state index contributed by atoms with van der Waals surface area (Å²) in [6.45, 7) is 5.97. The first-order valence-corrected chi connectivity index (χ1v) is 8.47. The predicted octanol–water partition coefficient (Wildman–Crippen LogP) is 3.45. The van der Waals surface area contributed by atoms with Gasteiger partial charge in [0.2, 0.25) is 0 Å². The number of hydrogen-bond donors (Lipinski definition) is 0. The Morgan fingerprint density at radius 3 is 2.59 bits per heavy atom. The number of carbonyl (C=O) groups is 1. The molecule has 1 aliphatic heterocycles. The van der Waals surface area contributed by atoms with Gasteiger partial charge >= 0.3 is 0 Å². The van der Waals surface area contributed by atoms with Crippen molar-refractivity contribution in [3.63, 3.8) is 0 Å². The summed E-state index contributed by atoms with van der Waals surface area (Å²) in [4.78, 5) is 14.4. The number of amides is 1. The minimum atomic E-state index is -0.181. The van der Waals surface area contributed by atoms with Crippen molar-refractivity contribution in [2.75, 3.05) is 25.7 Å². The number of methoxy groups -OCH3 is 2. The van der Waals surface area contributed by atoms with Crippen molar-refractivity contribution in [2.24, 2.45) is 10.2 Å². The second-order valence-corrected chi connectivity index (χ2v) is 5.93. The molecular weight excluding hydrogens is 342 g/mol. The number of ether oxygens (including phenoxy) is 2. The highest BCUT2D eigenvalue weighted by molar-refractivity contribution is 6.54. The number of benzene rings is 2. The maximum Gasteiger partial charge on any atom is 0.279 e. The van der Waals surface area contributed by atoms with Gasteiger partial charge in [0.25, 0.3) is 5.91 Å². The highest BCUT2D eigenvalue weighted by Gasteiger charge is 2.33. The zero-order chi connectivity index (χ0) is 19.4. The van der Waals surface area contributed by atoms with Crippen LogP contribution in [0.5, 0.6) is 11.5 Å². The summed E-state index contributed by atoms with van der Waals surface area (Å²) in [5, 5.41) is 8.55. The molecule has 0 bridgehead atoms. The second kappa shape index (κ2) is 7.86. The molecule has 0 spiro atoms. The van der Waals surface area contributed by atoms with E-state index in [2.05, 4.69) is 16.8 Å². The van der Waals surface area contributed by atoms with E-state index in [-0.39, 0.29) is 5.91 Å². The van der Waals surface area contributed by atoms with Gasteiger partial charge in [0.15, 0.2) is 17.2 Å². The fraction of sp³-hybridized carbons (Fsp3) is 0.190. The fourth-order valence-corrected chi connectivity index (χ4v) is 2.91. The number of carbonyl (C=O) groups excluding carboxylic acids is 1. The van der Waals surface area contributed by atoms with E-state index in [4.69, 9.17) is 9.47 Å². The van der Waals surface area contributed by atoms with Gasteiger partial charge in [-0.1, -0.05) is 24.3 Å². The SMILES string of the molecule is C=CCN1C(=O)/C(=N\N=C(\C)c2ccc(OC)c(OC)c2)c2ccccc21. The average molecular weight is 363 g/mol. The van der Waals surface area contributed by atoms with Gasteiger partial charge in [-0.3, -0.25) is 4.79 Å². The first kappa shape index (κ1) is 18.4. The van der Waals surface area contributed by atoms with Crippen LogP contribution in [-0.4, -0.2) is 38.1 Å². The Kier molecular flexibility index (Phi) is 5.35. The summed E-state index contributed by atoms with van der Waals surface area (Å²) >= 11 is 0. The number of para-hydroxylation sites is 1. The van der Waals surface area contributed by atoms with Crippen molar-refractivity contribution in [1.29, 1.82) is 0 Å². The monoisotopic (exact) mass is 363 g/mol. The van der Waals surface area contributed by atoms with Crippen LogP contribution in [0.3, 0.4) is 0 Å². The third-order valence-corrected chi connectivity index (χ3v) is 4.31. The summed E-state index contributed by atoms with van der Waals surface area (Å²) in [7, 11) is 3.17. The molecule has 0 radical (unpaired) electrons. The molecule has 0 fully saturated rings. The van der Waals surface area contributed by atoms with E-state index in [1.807, 2.05) is 49.4 Å². The van der Waals surface area contributed by atoms with Gasteiger partial charge in [0.05, 0.1) is 25.6 Å². The normalized spacial score (nSPS) is 15.1. The minimum Gasteiger partial charge on any atom is -0.493 e. The third-order valence-electron chi connectivity index (χ3n) is 4.31.